The van der Waals surface area contributed by atoms with Crippen molar-refractivity contribution in [1.29, 1.82) is 0 Å². The van der Waals surface area contributed by atoms with Gasteiger partial charge in [0.2, 0.25) is 0 Å². The number of benzene rings is 18. The third-order valence-corrected chi connectivity index (χ3v) is 28.4. The maximum atomic E-state index is 16.6. The standard InChI is InChI=1S/C124H90F12N4/c1-68-16-33-91(73(6)50-68)85-23-40-99-97-14-12-13-15-109(97)137(111(99)62-85)117-58-81(29-46-105(117)121(125,126)127)82-30-47-106(122(128,129)130)118(59-82)138-110-57-80(22-39-98(110)100-41-24-86(63-112(100)138)92-34-17-69(2)51-74(92)7)56-79-21-38-96(78(11)55-79)90-28-45-104-103-44-27-89(95-37-20-72(5)54-77(95)10)66-115(103)140(116(104)67-90)120-61-84(32-49-108(120)124(134,135)136)83-31-48-107(123(131,132)133)119(60-83)139-113-64-87(93-35-18-70(3)52-75(93)8)25-42-101(113)102-43-26-88(65-114(102)139)94-36-19-71(4)53-76(94)9/h12-55,57-67H,56H2,1-11H3. The highest BCUT2D eigenvalue weighted by atomic mass is 19.4. The van der Waals surface area contributed by atoms with Crippen LogP contribution in [0.15, 0.2) is 334 Å². The molecule has 18 aromatic carbocycles. The third kappa shape index (κ3) is 15.5. The van der Waals surface area contributed by atoms with Gasteiger partial charge in [-0.15, -0.1) is 0 Å². The smallest absolute Gasteiger partial charge is 0.309 e. The molecule has 0 fully saturated rings. The Kier molecular flexibility index (Phi) is 21.3. The van der Waals surface area contributed by atoms with E-state index in [1.165, 1.54) is 48.5 Å². The van der Waals surface area contributed by atoms with Gasteiger partial charge in [-0.1, -0.05) is 264 Å². The summed E-state index contributed by atoms with van der Waals surface area (Å²) < 4.78 is 202. The van der Waals surface area contributed by atoms with Crippen molar-refractivity contribution in [2.75, 3.05) is 0 Å². The second kappa shape index (κ2) is 33.3. The van der Waals surface area contributed by atoms with Crippen LogP contribution in [0.1, 0.15) is 94.6 Å². The molecule has 0 amide bonds. The van der Waals surface area contributed by atoms with Gasteiger partial charge < -0.3 is 18.3 Å². The molecular formula is C124H90F12N4. The molecule has 0 saturated heterocycles. The quantitative estimate of drug-likeness (QED) is 0.0967. The average Bonchev–Trinajstić information content (AvgIpc) is 1.56. The highest BCUT2D eigenvalue weighted by Gasteiger charge is 2.41. The maximum Gasteiger partial charge on any atom is 0.418 e. The monoisotopic (exact) mass is 1860 g/mol. The van der Waals surface area contributed by atoms with Gasteiger partial charge in [-0.05, 0) is 313 Å². The fraction of sp³-hybridized carbons (Fsp3) is 0.129. The van der Waals surface area contributed by atoms with E-state index in [1.807, 2.05) is 307 Å². The van der Waals surface area contributed by atoms with E-state index in [0.29, 0.717) is 92.8 Å². The van der Waals surface area contributed by atoms with E-state index in [1.54, 1.807) is 30.4 Å². The predicted molar refractivity (Wildman–Crippen MR) is 549 cm³/mol. The molecule has 4 aromatic heterocycles. The summed E-state index contributed by atoms with van der Waals surface area (Å²) in [4.78, 5) is 0. The van der Waals surface area contributed by atoms with E-state index in [2.05, 4.69) is 18.2 Å². The van der Waals surface area contributed by atoms with Gasteiger partial charge in [0.25, 0.3) is 0 Å². The lowest BCUT2D eigenvalue weighted by Gasteiger charge is -2.20. The van der Waals surface area contributed by atoms with Crippen molar-refractivity contribution < 1.29 is 52.7 Å². The summed E-state index contributed by atoms with van der Waals surface area (Å²) >= 11 is 0. The fourth-order valence-corrected chi connectivity index (χ4v) is 21.9. The van der Waals surface area contributed by atoms with Crippen LogP contribution in [0.25, 0.3) is 199 Å². The SMILES string of the molecule is Cc1ccc(-c2ccc3c4ccccc4n(-c4cc(-c5ccc(C(F)(F)F)c(-n6c7cc(Cc8ccc(-c9ccc%10c%11ccc(-c%12ccc(C)cc%12C)cc%11n(-c%11cc(-c%12ccc(C(F)(F)F)c(-n%13c%14cc(-c%15ccc(C)cc%15C)ccc%14c%14ccc(-c%15ccc(C)cc%15C)cc%14%13)c%12)ccc%11C(F)(F)F)c%10c9)c(C)c8)ccc7c7ccc(-c8ccc(C)cc8C)cc76)c5)ccc4C(F)(F)F)c3c2)c(C)c1. The first-order valence-corrected chi connectivity index (χ1v) is 46.5. The second-order valence-corrected chi connectivity index (χ2v) is 37.9. The highest BCUT2D eigenvalue weighted by molar-refractivity contribution is 6.15. The molecule has 22 aromatic rings. The molecule has 0 aliphatic heterocycles. The molecule has 0 saturated carbocycles. The molecule has 4 nitrogen and oxygen atoms in total. The summed E-state index contributed by atoms with van der Waals surface area (Å²) in [7, 11) is 0. The summed E-state index contributed by atoms with van der Waals surface area (Å²) in [5.41, 5.74) is 21.8. The lowest BCUT2D eigenvalue weighted by molar-refractivity contribution is -0.138. The zero-order chi connectivity index (χ0) is 97.5. The van der Waals surface area contributed by atoms with Crippen LogP contribution in [0.5, 0.6) is 0 Å². The van der Waals surface area contributed by atoms with Gasteiger partial charge in [-0.2, -0.15) is 52.7 Å². The summed E-state index contributed by atoms with van der Waals surface area (Å²) in [5, 5.41) is 5.38. The van der Waals surface area contributed by atoms with Gasteiger partial charge in [0.15, 0.2) is 0 Å². The number of nitrogens with zero attached hydrogens (tertiary/aromatic N) is 4. The highest BCUT2D eigenvalue weighted by Crippen LogP contribution is 2.51. The minimum Gasteiger partial charge on any atom is -0.309 e. The number of hydrogen-bond acceptors (Lipinski definition) is 0. The molecule has 0 atom stereocenters. The van der Waals surface area contributed by atoms with Gasteiger partial charge in [-0.3, -0.25) is 0 Å². The van der Waals surface area contributed by atoms with E-state index < -0.39 is 47.0 Å². The van der Waals surface area contributed by atoms with Crippen molar-refractivity contribution in [2.45, 2.75) is 107 Å². The molecule has 0 radical (unpaired) electrons. The Morgan fingerprint density at radius 3 is 0.621 bits per heavy atom. The van der Waals surface area contributed by atoms with Crippen molar-refractivity contribution in [3.63, 3.8) is 0 Å². The number of halogens is 12. The molecule has 140 heavy (non-hydrogen) atoms. The number of fused-ring (bicyclic) bond motifs is 12. The van der Waals surface area contributed by atoms with Crippen molar-refractivity contribution in [3.05, 3.63) is 428 Å². The van der Waals surface area contributed by atoms with Crippen LogP contribution in [0.4, 0.5) is 52.7 Å². The van der Waals surface area contributed by atoms with Crippen LogP contribution in [0.3, 0.4) is 0 Å². The summed E-state index contributed by atoms with van der Waals surface area (Å²) in [6, 6.07) is 99.0. The predicted octanol–water partition coefficient (Wildman–Crippen LogP) is 36.5. The second-order valence-electron chi connectivity index (χ2n) is 37.9. The van der Waals surface area contributed by atoms with Crippen molar-refractivity contribution in [2.24, 2.45) is 0 Å². The van der Waals surface area contributed by atoms with Crippen molar-refractivity contribution >= 4 is 87.2 Å². The van der Waals surface area contributed by atoms with Crippen LogP contribution >= 0.6 is 0 Å². The Balaban J connectivity index is 0.681. The van der Waals surface area contributed by atoms with E-state index in [9.17, 15) is 0 Å². The lowest BCUT2D eigenvalue weighted by atomic mass is 9.94. The average molecular weight is 1860 g/mol. The molecule has 0 aliphatic rings. The largest absolute Gasteiger partial charge is 0.418 e. The van der Waals surface area contributed by atoms with Crippen LogP contribution in [-0.4, -0.2) is 18.3 Å². The molecular weight excluding hydrogens is 1770 g/mol. The first kappa shape index (κ1) is 89.5. The molecule has 16 heteroatoms. The maximum absolute atomic E-state index is 16.6. The summed E-state index contributed by atoms with van der Waals surface area (Å²) in [5.74, 6) is 0. The Morgan fingerprint density at radius 2 is 0.371 bits per heavy atom. The van der Waals surface area contributed by atoms with Crippen LogP contribution in [0.2, 0.25) is 0 Å². The zero-order valence-corrected chi connectivity index (χ0v) is 78.3. The Labute approximate surface area is 800 Å². The Bertz CT molecular complexity index is 8870. The van der Waals surface area contributed by atoms with Crippen molar-refractivity contribution in [3.8, 4) is 112 Å². The van der Waals surface area contributed by atoms with Crippen molar-refractivity contribution in [1.82, 2.24) is 18.3 Å². The minimum absolute atomic E-state index is 0.209. The number of aromatic nitrogens is 4. The molecule has 0 unspecified atom stereocenters. The fourth-order valence-electron chi connectivity index (χ4n) is 21.9. The summed E-state index contributed by atoms with van der Waals surface area (Å²) in [6.07, 6.45) is -19.4. The Hall–Kier alpha value is -15.7. The van der Waals surface area contributed by atoms with E-state index in [0.717, 1.165) is 158 Å². The molecule has 0 bridgehead atoms. The molecule has 690 valence electrons. The third-order valence-electron chi connectivity index (χ3n) is 28.4. The zero-order valence-electron chi connectivity index (χ0n) is 78.3. The molecule has 0 spiro atoms. The van der Waals surface area contributed by atoms with E-state index >= 15 is 52.7 Å². The number of alkyl halides is 12. The molecule has 22 rings (SSSR count). The van der Waals surface area contributed by atoms with Crippen LogP contribution in [-0.2, 0) is 31.1 Å². The number of para-hydroxylation sites is 1. The molecule has 0 aliphatic carbocycles. The van der Waals surface area contributed by atoms with Gasteiger partial charge in [0, 0.05) is 43.1 Å². The minimum atomic E-state index is -4.97. The Morgan fingerprint density at radius 1 is 0.171 bits per heavy atom. The number of hydrogen-bond donors (Lipinski definition) is 0. The number of rotatable bonds is 14. The molecule has 0 N–H and O–H groups in total. The normalized spacial score (nSPS) is 12.4. The lowest BCUT2D eigenvalue weighted by Crippen LogP contribution is -2.12. The van der Waals surface area contributed by atoms with Gasteiger partial charge in [0.05, 0.1) is 89.1 Å². The van der Waals surface area contributed by atoms with E-state index in [-0.39, 0.29) is 51.4 Å². The topological polar surface area (TPSA) is 19.7 Å². The van der Waals surface area contributed by atoms with Crippen LogP contribution in [0, 0.1) is 76.2 Å². The van der Waals surface area contributed by atoms with Crippen LogP contribution < -0.4 is 0 Å². The summed E-state index contributed by atoms with van der Waals surface area (Å²) in [6.45, 7) is 21.9. The van der Waals surface area contributed by atoms with E-state index in [4.69, 9.17) is 0 Å². The van der Waals surface area contributed by atoms with Gasteiger partial charge in [-0.25, -0.2) is 0 Å². The first-order chi connectivity index (χ1) is 66.9. The molecule has 4 heterocycles. The first-order valence-electron chi connectivity index (χ1n) is 46.5. The van der Waals surface area contributed by atoms with Gasteiger partial charge >= 0.3 is 24.7 Å². The van der Waals surface area contributed by atoms with Gasteiger partial charge in [0.1, 0.15) is 0 Å². The number of aryl methyl sites for hydroxylation is 11.